The van der Waals surface area contributed by atoms with Crippen molar-refractivity contribution in [2.75, 3.05) is 18.0 Å². The molecule has 2 rings (SSSR count). The minimum absolute atomic E-state index is 0.288. The number of hydrogen-bond acceptors (Lipinski definition) is 2. The normalized spacial score (nSPS) is 18.2. The lowest BCUT2D eigenvalue weighted by Gasteiger charge is -2.34. The Balaban J connectivity index is 2.16. The first kappa shape index (κ1) is 12.7. The highest BCUT2D eigenvalue weighted by Gasteiger charge is 2.28. The Labute approximate surface area is 108 Å². The second kappa shape index (κ2) is 5.71. The lowest BCUT2D eigenvalue weighted by molar-refractivity contribution is -0.141. The number of carboxylic acid groups (broad SMARTS) is 1. The Morgan fingerprint density at radius 2 is 2.28 bits per heavy atom. The quantitative estimate of drug-likeness (QED) is 0.640. The number of carboxylic acids is 1. The summed E-state index contributed by atoms with van der Waals surface area (Å²) >= 11 is 0. The maximum Gasteiger partial charge on any atom is 0.308 e. The van der Waals surface area contributed by atoms with Crippen LogP contribution in [0.4, 0.5) is 5.69 Å². The van der Waals surface area contributed by atoms with E-state index in [0.717, 1.165) is 24.9 Å². The lowest BCUT2D eigenvalue weighted by Crippen LogP contribution is -2.39. The smallest absolute Gasteiger partial charge is 0.308 e. The molecule has 0 bridgehead atoms. The van der Waals surface area contributed by atoms with Crippen LogP contribution in [0.5, 0.6) is 0 Å². The molecule has 1 aliphatic heterocycles. The number of anilines is 1. The second-order valence-electron chi connectivity index (χ2n) is 4.74. The molecule has 96 valence electrons. The minimum Gasteiger partial charge on any atom is -0.481 e. The van der Waals surface area contributed by atoms with E-state index < -0.39 is 5.97 Å². The highest BCUT2D eigenvalue weighted by atomic mass is 16.4. The van der Waals surface area contributed by atoms with Crippen molar-refractivity contribution < 1.29 is 9.90 Å². The van der Waals surface area contributed by atoms with Gasteiger partial charge in [-0.1, -0.05) is 24.3 Å². The van der Waals surface area contributed by atoms with E-state index in [1.54, 1.807) is 0 Å². The maximum absolute atomic E-state index is 11.2. The highest BCUT2D eigenvalue weighted by molar-refractivity contribution is 5.73. The third kappa shape index (κ3) is 2.73. The molecule has 1 N–H and O–H groups in total. The summed E-state index contributed by atoms with van der Waals surface area (Å²) in [5.74, 6) is -0.984. The number of carbonyl (C=O) groups is 1. The summed E-state index contributed by atoms with van der Waals surface area (Å²) in [6.45, 7) is 5.23. The second-order valence-corrected chi connectivity index (χ2v) is 4.74. The van der Waals surface area contributed by atoms with Crippen LogP contribution in [0.15, 0.2) is 36.9 Å². The van der Waals surface area contributed by atoms with E-state index in [9.17, 15) is 9.90 Å². The van der Waals surface area contributed by atoms with E-state index in [2.05, 4.69) is 17.5 Å². The zero-order valence-corrected chi connectivity index (χ0v) is 10.5. The largest absolute Gasteiger partial charge is 0.481 e. The van der Waals surface area contributed by atoms with Crippen molar-refractivity contribution in [3.05, 3.63) is 42.5 Å². The van der Waals surface area contributed by atoms with Crippen molar-refractivity contribution in [3.63, 3.8) is 0 Å². The van der Waals surface area contributed by atoms with E-state index in [1.165, 1.54) is 5.69 Å². The van der Waals surface area contributed by atoms with Crippen LogP contribution in [0.2, 0.25) is 0 Å². The molecule has 1 heterocycles. The van der Waals surface area contributed by atoms with Crippen molar-refractivity contribution in [2.45, 2.75) is 19.3 Å². The van der Waals surface area contributed by atoms with Gasteiger partial charge in [-0.2, -0.15) is 0 Å². The fourth-order valence-corrected chi connectivity index (χ4v) is 2.49. The number of rotatable bonds is 5. The predicted octanol–water partition coefficient (Wildman–Crippen LogP) is 2.72. The van der Waals surface area contributed by atoms with Crippen LogP contribution in [-0.2, 0) is 11.2 Å². The molecule has 1 aromatic rings. The average molecular weight is 245 g/mol. The molecule has 0 spiro atoms. The fraction of sp³-hybridized carbons (Fsp3) is 0.400. The summed E-state index contributed by atoms with van der Waals surface area (Å²) in [6.07, 6.45) is 4.54. The van der Waals surface area contributed by atoms with Gasteiger partial charge in [-0.05, 0) is 30.9 Å². The van der Waals surface area contributed by atoms with Gasteiger partial charge in [0.25, 0.3) is 0 Å². The zero-order chi connectivity index (χ0) is 13.0. The van der Waals surface area contributed by atoms with Gasteiger partial charge in [0, 0.05) is 18.8 Å². The minimum atomic E-state index is -0.696. The van der Waals surface area contributed by atoms with Gasteiger partial charge < -0.3 is 10.0 Å². The van der Waals surface area contributed by atoms with Crippen LogP contribution >= 0.6 is 0 Å². The SMILES string of the molecule is C=CCCCN1CC(C(=O)O)Cc2ccccc21. The van der Waals surface area contributed by atoms with E-state index in [-0.39, 0.29) is 5.92 Å². The third-order valence-corrected chi connectivity index (χ3v) is 3.42. The average Bonchev–Trinajstić information content (AvgIpc) is 2.38. The monoisotopic (exact) mass is 245 g/mol. The van der Waals surface area contributed by atoms with Crippen molar-refractivity contribution in [1.82, 2.24) is 0 Å². The molecule has 1 atom stereocenters. The van der Waals surface area contributed by atoms with E-state index >= 15 is 0 Å². The van der Waals surface area contributed by atoms with E-state index in [1.807, 2.05) is 24.3 Å². The molecule has 0 saturated carbocycles. The Bertz CT molecular complexity index is 442. The van der Waals surface area contributed by atoms with Crippen molar-refractivity contribution >= 4 is 11.7 Å². The Morgan fingerprint density at radius 1 is 1.50 bits per heavy atom. The molecule has 1 aromatic carbocycles. The molecule has 3 nitrogen and oxygen atoms in total. The molecule has 3 heteroatoms. The van der Waals surface area contributed by atoms with Gasteiger partial charge in [0.05, 0.1) is 5.92 Å². The first-order chi connectivity index (χ1) is 8.72. The number of fused-ring (bicyclic) bond motifs is 1. The van der Waals surface area contributed by atoms with Gasteiger partial charge in [-0.25, -0.2) is 0 Å². The van der Waals surface area contributed by atoms with Crippen molar-refractivity contribution in [1.29, 1.82) is 0 Å². The summed E-state index contributed by atoms with van der Waals surface area (Å²) in [6, 6.07) is 8.11. The molecule has 0 aromatic heterocycles. The molecule has 0 aliphatic carbocycles. The van der Waals surface area contributed by atoms with Crippen LogP contribution < -0.4 is 4.90 Å². The van der Waals surface area contributed by atoms with Gasteiger partial charge >= 0.3 is 5.97 Å². The Kier molecular flexibility index (Phi) is 4.03. The molecular formula is C15H19NO2. The van der Waals surface area contributed by atoms with Crippen LogP contribution in [0.3, 0.4) is 0 Å². The number of benzene rings is 1. The van der Waals surface area contributed by atoms with Gasteiger partial charge in [-0.3, -0.25) is 4.79 Å². The maximum atomic E-state index is 11.2. The Morgan fingerprint density at radius 3 is 3.00 bits per heavy atom. The molecular weight excluding hydrogens is 226 g/mol. The van der Waals surface area contributed by atoms with Gasteiger partial charge in [0.15, 0.2) is 0 Å². The summed E-state index contributed by atoms with van der Waals surface area (Å²) in [7, 11) is 0. The number of hydrogen-bond donors (Lipinski definition) is 1. The molecule has 0 fully saturated rings. The standard InChI is InChI=1S/C15H19NO2/c1-2-3-6-9-16-11-13(15(17)18)10-12-7-4-5-8-14(12)16/h2,4-5,7-8,13H,1,3,6,9-11H2,(H,17,18). The molecule has 1 aliphatic rings. The summed E-state index contributed by atoms with van der Waals surface area (Å²) < 4.78 is 0. The summed E-state index contributed by atoms with van der Waals surface area (Å²) in [4.78, 5) is 13.4. The molecule has 0 amide bonds. The van der Waals surface area contributed by atoms with Crippen LogP contribution in [0.1, 0.15) is 18.4 Å². The first-order valence-corrected chi connectivity index (χ1v) is 6.39. The van der Waals surface area contributed by atoms with E-state index in [4.69, 9.17) is 0 Å². The van der Waals surface area contributed by atoms with Gasteiger partial charge in [0.1, 0.15) is 0 Å². The third-order valence-electron chi connectivity index (χ3n) is 3.42. The lowest BCUT2D eigenvalue weighted by atomic mass is 9.92. The molecule has 0 saturated heterocycles. The zero-order valence-electron chi connectivity index (χ0n) is 10.5. The van der Waals surface area contributed by atoms with Crippen LogP contribution in [-0.4, -0.2) is 24.2 Å². The summed E-state index contributed by atoms with van der Waals surface area (Å²) in [5.41, 5.74) is 2.34. The number of para-hydroxylation sites is 1. The number of unbranched alkanes of at least 4 members (excludes halogenated alkanes) is 1. The molecule has 1 unspecified atom stereocenters. The fourth-order valence-electron chi connectivity index (χ4n) is 2.49. The van der Waals surface area contributed by atoms with Gasteiger partial charge in [0.2, 0.25) is 0 Å². The first-order valence-electron chi connectivity index (χ1n) is 6.39. The number of allylic oxidation sites excluding steroid dienone is 1. The van der Waals surface area contributed by atoms with Crippen molar-refractivity contribution in [3.8, 4) is 0 Å². The topological polar surface area (TPSA) is 40.5 Å². The molecule has 0 radical (unpaired) electrons. The van der Waals surface area contributed by atoms with Crippen LogP contribution in [0.25, 0.3) is 0 Å². The van der Waals surface area contributed by atoms with Crippen molar-refractivity contribution in [2.24, 2.45) is 5.92 Å². The van der Waals surface area contributed by atoms with Crippen LogP contribution in [0, 0.1) is 5.92 Å². The highest BCUT2D eigenvalue weighted by Crippen LogP contribution is 2.29. The Hall–Kier alpha value is -1.77. The molecule has 18 heavy (non-hydrogen) atoms. The predicted molar refractivity (Wildman–Crippen MR) is 72.9 cm³/mol. The van der Waals surface area contributed by atoms with Gasteiger partial charge in [-0.15, -0.1) is 6.58 Å². The number of nitrogens with zero attached hydrogens (tertiary/aromatic N) is 1. The van der Waals surface area contributed by atoms with E-state index in [0.29, 0.717) is 13.0 Å². The summed E-state index contributed by atoms with van der Waals surface area (Å²) in [5, 5.41) is 9.21. The number of aliphatic carboxylic acids is 1.